The van der Waals surface area contributed by atoms with Gasteiger partial charge in [0.15, 0.2) is 0 Å². The minimum Gasteiger partial charge on any atom is -0.469 e. The number of alkyl halides is 3. The quantitative estimate of drug-likeness (QED) is 0.654. The molecule has 3 heterocycles. The summed E-state index contributed by atoms with van der Waals surface area (Å²) in [5.41, 5.74) is 5.37. The number of aromatic nitrogens is 2. The van der Waals surface area contributed by atoms with Crippen LogP contribution in [0.4, 0.5) is 19.1 Å². The number of amides is 1. The van der Waals surface area contributed by atoms with Crippen LogP contribution in [-0.2, 0) is 27.1 Å². The average Bonchev–Trinajstić information content (AvgIpc) is 3.24. The van der Waals surface area contributed by atoms with Gasteiger partial charge in [0.2, 0.25) is 17.7 Å². The Morgan fingerprint density at radius 1 is 1.24 bits per heavy atom. The highest BCUT2D eigenvalue weighted by atomic mass is 19.4. The fourth-order valence-corrected chi connectivity index (χ4v) is 3.07. The van der Waals surface area contributed by atoms with Crippen molar-refractivity contribution >= 4 is 11.9 Å². The Labute approximate surface area is 189 Å². The minimum absolute atomic E-state index is 0.0869. The predicted molar refractivity (Wildman–Crippen MR) is 113 cm³/mol. The Hall–Kier alpha value is -3.18. The van der Waals surface area contributed by atoms with Gasteiger partial charge < -0.3 is 24.8 Å². The van der Waals surface area contributed by atoms with Crippen molar-refractivity contribution in [2.24, 2.45) is 0 Å². The van der Waals surface area contributed by atoms with Gasteiger partial charge in [0.25, 0.3) is 0 Å². The van der Waals surface area contributed by atoms with Gasteiger partial charge in [-0.25, -0.2) is 4.98 Å². The Morgan fingerprint density at radius 2 is 1.97 bits per heavy atom. The zero-order valence-electron chi connectivity index (χ0n) is 17.8. The van der Waals surface area contributed by atoms with Gasteiger partial charge in [0.05, 0.1) is 31.5 Å². The van der Waals surface area contributed by atoms with Gasteiger partial charge >= 0.3 is 6.18 Å². The normalized spacial score (nSPS) is 18.2. The second-order valence-electron chi connectivity index (χ2n) is 7.44. The van der Waals surface area contributed by atoms with E-state index in [2.05, 4.69) is 16.5 Å². The summed E-state index contributed by atoms with van der Waals surface area (Å²) >= 11 is 0. The molecule has 2 saturated heterocycles. The molecule has 178 valence electrons. The lowest BCUT2D eigenvalue weighted by molar-refractivity contribution is -0.137. The van der Waals surface area contributed by atoms with Crippen molar-refractivity contribution in [2.45, 2.75) is 31.4 Å². The Bertz CT molecular complexity index is 936. The van der Waals surface area contributed by atoms with Crippen LogP contribution in [0.3, 0.4) is 0 Å². The van der Waals surface area contributed by atoms with E-state index in [1.807, 2.05) is 0 Å². The predicted octanol–water partition coefficient (Wildman–Crippen LogP) is 2.85. The SMILES string of the molecule is C=CC(=O)N1CCC(OCc2ccc(C(F)(F)F)cc2)C1.Nc1nccc(OC2COC2)n1. The molecule has 2 aromatic rings. The first-order chi connectivity index (χ1) is 15.7. The van der Waals surface area contributed by atoms with Gasteiger partial charge in [-0.2, -0.15) is 18.2 Å². The van der Waals surface area contributed by atoms with Crippen LogP contribution in [-0.4, -0.2) is 59.3 Å². The van der Waals surface area contributed by atoms with Gasteiger partial charge in [-0.3, -0.25) is 4.79 Å². The number of likely N-dealkylation sites (tertiary alicyclic amines) is 1. The van der Waals surface area contributed by atoms with Crippen LogP contribution in [0.15, 0.2) is 49.2 Å². The van der Waals surface area contributed by atoms with Gasteiger partial charge in [0, 0.05) is 25.4 Å². The molecule has 0 aliphatic carbocycles. The standard InChI is InChI=1S/C15H16F3NO2.C7H9N3O2/c1-2-14(20)19-8-7-13(9-19)21-10-11-3-5-12(6-4-11)15(16,17)18;8-7-9-2-1-6(10-7)12-5-3-11-4-5/h2-6,13H,1,7-10H2;1-2,5H,3-4H2,(H2,8,9,10). The monoisotopic (exact) mass is 466 g/mol. The highest BCUT2D eigenvalue weighted by Gasteiger charge is 2.30. The van der Waals surface area contributed by atoms with Crippen molar-refractivity contribution in [3.05, 3.63) is 60.3 Å². The summed E-state index contributed by atoms with van der Waals surface area (Å²) in [5, 5.41) is 0. The number of anilines is 1. The second kappa shape index (κ2) is 11.1. The van der Waals surface area contributed by atoms with Crippen LogP contribution in [0, 0.1) is 0 Å². The molecule has 2 N–H and O–H groups in total. The first-order valence-corrected chi connectivity index (χ1v) is 10.3. The highest BCUT2D eigenvalue weighted by Crippen LogP contribution is 2.29. The third-order valence-electron chi connectivity index (χ3n) is 4.94. The maximum Gasteiger partial charge on any atom is 0.416 e. The fourth-order valence-electron chi connectivity index (χ4n) is 3.07. The lowest BCUT2D eigenvalue weighted by Gasteiger charge is -2.25. The Balaban J connectivity index is 0.000000215. The molecule has 0 saturated carbocycles. The molecule has 2 aliphatic rings. The smallest absolute Gasteiger partial charge is 0.416 e. The molecule has 1 amide bonds. The maximum absolute atomic E-state index is 12.4. The Morgan fingerprint density at radius 3 is 2.55 bits per heavy atom. The highest BCUT2D eigenvalue weighted by molar-refractivity contribution is 5.87. The molecule has 1 unspecified atom stereocenters. The summed E-state index contributed by atoms with van der Waals surface area (Å²) in [6.07, 6.45) is -0.734. The van der Waals surface area contributed by atoms with Gasteiger partial charge in [0.1, 0.15) is 6.10 Å². The van der Waals surface area contributed by atoms with E-state index in [0.717, 1.165) is 18.6 Å². The number of carbonyl (C=O) groups is 1. The van der Waals surface area contributed by atoms with Gasteiger partial charge in [-0.05, 0) is 30.2 Å². The summed E-state index contributed by atoms with van der Waals surface area (Å²) in [4.78, 5) is 20.7. The second-order valence-corrected chi connectivity index (χ2v) is 7.44. The number of hydrogen-bond donors (Lipinski definition) is 1. The van der Waals surface area contributed by atoms with E-state index in [9.17, 15) is 18.0 Å². The third-order valence-corrected chi connectivity index (χ3v) is 4.94. The summed E-state index contributed by atoms with van der Waals surface area (Å²) in [7, 11) is 0. The van der Waals surface area contributed by atoms with Crippen molar-refractivity contribution in [2.75, 3.05) is 32.0 Å². The molecule has 1 aromatic heterocycles. The van der Waals surface area contributed by atoms with Crippen LogP contribution < -0.4 is 10.5 Å². The van der Waals surface area contributed by atoms with Crippen molar-refractivity contribution in [3.63, 3.8) is 0 Å². The fraction of sp³-hybridized carbons (Fsp3) is 0.409. The number of halogens is 3. The molecule has 1 atom stereocenters. The molecule has 0 spiro atoms. The number of nitrogens with two attached hydrogens (primary N) is 1. The largest absolute Gasteiger partial charge is 0.469 e. The number of benzene rings is 1. The van der Waals surface area contributed by atoms with E-state index >= 15 is 0 Å². The van der Waals surface area contributed by atoms with Crippen LogP contribution in [0.5, 0.6) is 5.88 Å². The minimum atomic E-state index is -4.32. The van der Waals surface area contributed by atoms with E-state index < -0.39 is 11.7 Å². The summed E-state index contributed by atoms with van der Waals surface area (Å²) in [6.45, 7) is 6.03. The molecular weight excluding hydrogens is 441 g/mol. The van der Waals surface area contributed by atoms with Gasteiger partial charge in [-0.1, -0.05) is 18.7 Å². The topological polar surface area (TPSA) is 99.8 Å². The first kappa shape index (κ1) is 24.5. The van der Waals surface area contributed by atoms with E-state index in [-0.39, 0.29) is 30.7 Å². The summed E-state index contributed by atoms with van der Waals surface area (Å²) < 4.78 is 53.2. The molecule has 0 radical (unpaired) electrons. The number of ether oxygens (including phenoxy) is 3. The number of carbonyl (C=O) groups excluding carboxylic acids is 1. The first-order valence-electron chi connectivity index (χ1n) is 10.3. The zero-order valence-corrected chi connectivity index (χ0v) is 17.8. The van der Waals surface area contributed by atoms with Crippen LogP contribution in [0.2, 0.25) is 0 Å². The summed E-state index contributed by atoms with van der Waals surface area (Å²) in [5.74, 6) is 0.610. The molecule has 2 fully saturated rings. The molecular formula is C22H25F3N4O4. The number of rotatable bonds is 6. The molecule has 2 aliphatic heterocycles. The molecule has 8 nitrogen and oxygen atoms in total. The van der Waals surface area contributed by atoms with Crippen molar-refractivity contribution in [1.29, 1.82) is 0 Å². The maximum atomic E-state index is 12.4. The van der Waals surface area contributed by atoms with Gasteiger partial charge in [-0.15, -0.1) is 0 Å². The lowest BCUT2D eigenvalue weighted by atomic mass is 10.1. The van der Waals surface area contributed by atoms with E-state index in [0.29, 0.717) is 37.7 Å². The molecule has 11 heteroatoms. The van der Waals surface area contributed by atoms with Crippen LogP contribution in [0.1, 0.15) is 17.5 Å². The average molecular weight is 466 g/mol. The lowest BCUT2D eigenvalue weighted by Crippen LogP contribution is -2.38. The molecule has 1 aromatic carbocycles. The zero-order chi connectivity index (χ0) is 23.8. The summed E-state index contributed by atoms with van der Waals surface area (Å²) in [6, 6.07) is 6.57. The van der Waals surface area contributed by atoms with Crippen molar-refractivity contribution in [3.8, 4) is 5.88 Å². The number of hydrogen-bond acceptors (Lipinski definition) is 7. The third kappa shape index (κ3) is 7.43. The Kier molecular flexibility index (Phi) is 8.23. The van der Waals surface area contributed by atoms with E-state index in [4.69, 9.17) is 19.9 Å². The van der Waals surface area contributed by atoms with Crippen molar-refractivity contribution < 1.29 is 32.2 Å². The van der Waals surface area contributed by atoms with Crippen LogP contribution in [0.25, 0.3) is 0 Å². The van der Waals surface area contributed by atoms with E-state index in [1.54, 1.807) is 17.2 Å². The van der Waals surface area contributed by atoms with E-state index in [1.165, 1.54) is 18.2 Å². The molecule has 33 heavy (non-hydrogen) atoms. The van der Waals surface area contributed by atoms with Crippen LogP contribution >= 0.6 is 0 Å². The number of nitrogens with zero attached hydrogens (tertiary/aromatic N) is 3. The number of nitrogen functional groups attached to an aromatic ring is 1. The van der Waals surface area contributed by atoms with Crippen molar-refractivity contribution in [1.82, 2.24) is 14.9 Å². The molecule has 0 bridgehead atoms. The molecule has 4 rings (SSSR count).